The molecule has 0 aliphatic heterocycles. The van der Waals surface area contributed by atoms with Gasteiger partial charge in [-0.1, -0.05) is 29.8 Å². The lowest BCUT2D eigenvalue weighted by Crippen LogP contribution is -2.49. The summed E-state index contributed by atoms with van der Waals surface area (Å²) in [5.41, 5.74) is 2.15. The minimum Gasteiger partial charge on any atom is -0.383 e. The lowest BCUT2D eigenvalue weighted by atomic mass is 10.1. The Hall–Kier alpha value is -2.34. The molecule has 0 spiro atoms. The Morgan fingerprint density at radius 2 is 2.12 bits per heavy atom. The lowest BCUT2D eigenvalue weighted by Gasteiger charge is -2.28. The van der Waals surface area contributed by atoms with Gasteiger partial charge in [0, 0.05) is 38.1 Å². The maximum atomic E-state index is 12.6. The second-order valence-electron chi connectivity index (χ2n) is 7.55. The van der Waals surface area contributed by atoms with Gasteiger partial charge >= 0.3 is 6.03 Å². The van der Waals surface area contributed by atoms with Crippen LogP contribution in [0.4, 0.5) is 4.79 Å². The Bertz CT molecular complexity index is 719. The molecule has 6 nitrogen and oxygen atoms in total. The molecule has 0 radical (unpaired) electrons. The molecule has 0 saturated heterocycles. The van der Waals surface area contributed by atoms with Gasteiger partial charge < -0.3 is 19.5 Å². The quantitative estimate of drug-likeness (QED) is 0.827. The summed E-state index contributed by atoms with van der Waals surface area (Å²) in [5, 5.41) is 3.01. The van der Waals surface area contributed by atoms with Crippen LogP contribution >= 0.6 is 0 Å². The van der Waals surface area contributed by atoms with Crippen LogP contribution in [0.1, 0.15) is 37.7 Å². The first kappa shape index (κ1) is 20.0. The fraction of sp³-hybridized carbons (Fsp3) is 0.500. The molecule has 1 heterocycles. The summed E-state index contributed by atoms with van der Waals surface area (Å²) < 4.78 is 7.24. The van der Waals surface area contributed by atoms with Crippen LogP contribution in [0, 0.1) is 6.92 Å². The molecule has 0 aliphatic rings. The summed E-state index contributed by atoms with van der Waals surface area (Å²) in [7, 11) is 1.64. The van der Waals surface area contributed by atoms with Crippen molar-refractivity contribution in [2.75, 3.05) is 20.3 Å². The van der Waals surface area contributed by atoms with E-state index in [0.717, 1.165) is 12.4 Å². The van der Waals surface area contributed by atoms with Crippen LogP contribution in [-0.4, -0.2) is 46.3 Å². The molecule has 0 unspecified atom stereocenters. The standard InChI is InChI=1S/C20H30N4O2/c1-16-7-6-8-17(13-16)14-23-10-9-21-18(23)15-24(11-12-26-5)19(25)22-20(2,3)4/h6-10,13H,11-12,14-15H2,1-5H3,(H,22,25). The minimum atomic E-state index is -0.292. The molecular weight excluding hydrogens is 328 g/mol. The summed E-state index contributed by atoms with van der Waals surface area (Å²) in [6.45, 7) is 10.2. The Balaban J connectivity index is 2.13. The Kier molecular flexibility index (Phi) is 6.80. The van der Waals surface area contributed by atoms with Gasteiger partial charge in [0.1, 0.15) is 5.82 Å². The highest BCUT2D eigenvalue weighted by molar-refractivity contribution is 5.74. The molecule has 1 aromatic heterocycles. The van der Waals surface area contributed by atoms with Crippen LogP contribution in [0.15, 0.2) is 36.7 Å². The van der Waals surface area contributed by atoms with Crippen LogP contribution in [0.25, 0.3) is 0 Å². The van der Waals surface area contributed by atoms with E-state index in [0.29, 0.717) is 19.7 Å². The van der Waals surface area contributed by atoms with Gasteiger partial charge in [-0.15, -0.1) is 0 Å². The zero-order valence-corrected chi connectivity index (χ0v) is 16.5. The van der Waals surface area contributed by atoms with Gasteiger partial charge in [-0.05, 0) is 33.3 Å². The first-order chi connectivity index (χ1) is 12.3. The molecule has 26 heavy (non-hydrogen) atoms. The van der Waals surface area contributed by atoms with E-state index in [-0.39, 0.29) is 11.6 Å². The molecule has 142 valence electrons. The van der Waals surface area contributed by atoms with Crippen molar-refractivity contribution in [2.24, 2.45) is 0 Å². The van der Waals surface area contributed by atoms with Crippen molar-refractivity contribution in [3.63, 3.8) is 0 Å². The second kappa shape index (κ2) is 8.85. The fourth-order valence-electron chi connectivity index (χ4n) is 2.67. The van der Waals surface area contributed by atoms with Gasteiger partial charge in [0.25, 0.3) is 0 Å². The highest BCUT2D eigenvalue weighted by Crippen LogP contribution is 2.11. The third-order valence-electron chi connectivity index (χ3n) is 3.90. The van der Waals surface area contributed by atoms with Crippen molar-refractivity contribution in [3.8, 4) is 0 Å². The third kappa shape index (κ3) is 6.19. The lowest BCUT2D eigenvalue weighted by molar-refractivity contribution is 0.140. The first-order valence-corrected chi connectivity index (χ1v) is 8.90. The van der Waals surface area contributed by atoms with Crippen molar-refractivity contribution >= 4 is 6.03 Å². The van der Waals surface area contributed by atoms with Crippen molar-refractivity contribution in [2.45, 2.75) is 46.3 Å². The van der Waals surface area contributed by atoms with E-state index in [1.165, 1.54) is 11.1 Å². The number of carbonyl (C=O) groups is 1. The molecular formula is C20H30N4O2. The summed E-state index contributed by atoms with van der Waals surface area (Å²) >= 11 is 0. The van der Waals surface area contributed by atoms with Gasteiger partial charge in [-0.3, -0.25) is 0 Å². The van der Waals surface area contributed by atoms with Crippen molar-refractivity contribution in [1.29, 1.82) is 0 Å². The van der Waals surface area contributed by atoms with Crippen LogP contribution in [0.2, 0.25) is 0 Å². The summed E-state index contributed by atoms with van der Waals surface area (Å²) in [4.78, 5) is 18.8. The van der Waals surface area contributed by atoms with Gasteiger partial charge in [-0.25, -0.2) is 9.78 Å². The van der Waals surface area contributed by atoms with E-state index in [4.69, 9.17) is 4.74 Å². The molecule has 2 aromatic rings. The Morgan fingerprint density at radius 3 is 2.77 bits per heavy atom. The number of amides is 2. The number of imidazole rings is 1. The largest absolute Gasteiger partial charge is 0.383 e. The maximum Gasteiger partial charge on any atom is 0.318 e. The molecule has 0 fully saturated rings. The van der Waals surface area contributed by atoms with E-state index in [1.807, 2.05) is 27.0 Å². The van der Waals surface area contributed by atoms with Crippen molar-refractivity contribution in [1.82, 2.24) is 19.8 Å². The number of hydrogen-bond donors (Lipinski definition) is 1. The summed E-state index contributed by atoms with van der Waals surface area (Å²) in [6, 6.07) is 8.30. The predicted octanol–water partition coefficient (Wildman–Crippen LogP) is 3.20. The zero-order valence-electron chi connectivity index (χ0n) is 16.5. The minimum absolute atomic E-state index is 0.111. The predicted molar refractivity (Wildman–Crippen MR) is 103 cm³/mol. The third-order valence-corrected chi connectivity index (χ3v) is 3.90. The van der Waals surface area contributed by atoms with Gasteiger partial charge in [0.05, 0.1) is 13.2 Å². The normalized spacial score (nSPS) is 11.4. The van der Waals surface area contributed by atoms with E-state index in [1.54, 1.807) is 18.2 Å². The molecule has 0 saturated carbocycles. The number of aryl methyl sites for hydroxylation is 1. The second-order valence-corrected chi connectivity index (χ2v) is 7.55. The monoisotopic (exact) mass is 358 g/mol. The van der Waals surface area contributed by atoms with Crippen LogP contribution in [-0.2, 0) is 17.8 Å². The van der Waals surface area contributed by atoms with Crippen molar-refractivity contribution < 1.29 is 9.53 Å². The molecule has 2 rings (SSSR count). The summed E-state index contributed by atoms with van der Waals surface area (Å²) in [6.07, 6.45) is 3.73. The smallest absolute Gasteiger partial charge is 0.318 e. The number of carbonyl (C=O) groups excluding carboxylic acids is 1. The number of urea groups is 1. The van der Waals surface area contributed by atoms with E-state index >= 15 is 0 Å². The van der Waals surface area contributed by atoms with Crippen LogP contribution < -0.4 is 5.32 Å². The molecule has 2 amide bonds. The zero-order chi connectivity index (χ0) is 19.2. The Labute approximate surface area is 156 Å². The topological polar surface area (TPSA) is 59.4 Å². The molecule has 0 aliphatic carbocycles. The molecule has 1 N–H and O–H groups in total. The highest BCUT2D eigenvalue weighted by Gasteiger charge is 2.21. The van der Waals surface area contributed by atoms with Gasteiger partial charge in [0.15, 0.2) is 0 Å². The van der Waals surface area contributed by atoms with E-state index in [9.17, 15) is 4.79 Å². The number of aromatic nitrogens is 2. The fourth-order valence-corrected chi connectivity index (χ4v) is 2.67. The maximum absolute atomic E-state index is 12.6. The highest BCUT2D eigenvalue weighted by atomic mass is 16.5. The molecule has 6 heteroatoms. The van der Waals surface area contributed by atoms with Gasteiger partial charge in [-0.2, -0.15) is 0 Å². The van der Waals surface area contributed by atoms with Crippen LogP contribution in [0.5, 0.6) is 0 Å². The van der Waals surface area contributed by atoms with Crippen molar-refractivity contribution in [3.05, 3.63) is 53.6 Å². The van der Waals surface area contributed by atoms with Crippen LogP contribution in [0.3, 0.4) is 0 Å². The number of methoxy groups -OCH3 is 1. The van der Waals surface area contributed by atoms with E-state index < -0.39 is 0 Å². The SMILES string of the molecule is COCCN(Cc1nccn1Cc1cccc(C)c1)C(=O)NC(C)(C)C. The number of nitrogens with one attached hydrogen (secondary N) is 1. The first-order valence-electron chi connectivity index (χ1n) is 8.90. The molecule has 0 bridgehead atoms. The number of ether oxygens (including phenoxy) is 1. The number of nitrogens with zero attached hydrogens (tertiary/aromatic N) is 3. The Morgan fingerprint density at radius 1 is 1.35 bits per heavy atom. The van der Waals surface area contributed by atoms with E-state index in [2.05, 4.69) is 46.1 Å². The molecule has 0 atom stereocenters. The average molecular weight is 358 g/mol. The number of hydrogen-bond acceptors (Lipinski definition) is 3. The summed E-state index contributed by atoms with van der Waals surface area (Å²) in [5.74, 6) is 0.853. The molecule has 1 aromatic carbocycles. The van der Waals surface area contributed by atoms with Gasteiger partial charge in [0.2, 0.25) is 0 Å². The number of rotatable bonds is 7. The number of benzene rings is 1. The average Bonchev–Trinajstić information content (AvgIpc) is 2.96.